The number of allylic oxidation sites excluding steroid dienone is 1. The third kappa shape index (κ3) is 3.84. The summed E-state index contributed by atoms with van der Waals surface area (Å²) >= 11 is 17.6. The lowest BCUT2D eigenvalue weighted by Gasteiger charge is -1.99. The van der Waals surface area contributed by atoms with Gasteiger partial charge in [0.1, 0.15) is 0 Å². The number of carbonyl (C=O) groups is 1. The Morgan fingerprint density at radius 1 is 0.895 bits per heavy atom. The fourth-order valence-corrected chi connectivity index (χ4v) is 2.11. The molecule has 0 unspecified atom stereocenters. The first-order valence-electron chi connectivity index (χ1n) is 5.49. The fraction of sp³-hybridized carbons (Fsp3) is 0. The van der Waals surface area contributed by atoms with Crippen LogP contribution in [0.1, 0.15) is 15.9 Å². The van der Waals surface area contributed by atoms with Crippen molar-refractivity contribution in [3.05, 3.63) is 74.7 Å². The average molecular weight is 312 g/mol. The van der Waals surface area contributed by atoms with E-state index in [1.165, 1.54) is 6.08 Å². The van der Waals surface area contributed by atoms with Crippen LogP contribution in [0.3, 0.4) is 0 Å². The molecule has 0 fully saturated rings. The molecule has 0 saturated carbocycles. The number of benzene rings is 2. The summed E-state index contributed by atoms with van der Waals surface area (Å²) in [4.78, 5) is 11.9. The van der Waals surface area contributed by atoms with Crippen LogP contribution in [0, 0.1) is 0 Å². The van der Waals surface area contributed by atoms with Crippen LogP contribution in [-0.2, 0) is 0 Å². The van der Waals surface area contributed by atoms with Gasteiger partial charge < -0.3 is 0 Å². The zero-order chi connectivity index (χ0) is 13.8. The van der Waals surface area contributed by atoms with E-state index in [-0.39, 0.29) is 5.78 Å². The highest BCUT2D eigenvalue weighted by molar-refractivity contribution is 6.35. The highest BCUT2D eigenvalue weighted by atomic mass is 35.5. The second-order valence-electron chi connectivity index (χ2n) is 3.87. The van der Waals surface area contributed by atoms with E-state index in [4.69, 9.17) is 34.8 Å². The van der Waals surface area contributed by atoms with Gasteiger partial charge in [0.15, 0.2) is 5.78 Å². The number of carbonyl (C=O) groups excluding carboxylic acids is 1. The van der Waals surface area contributed by atoms with Gasteiger partial charge in [-0.25, -0.2) is 0 Å². The summed E-state index contributed by atoms with van der Waals surface area (Å²) in [6.45, 7) is 0. The van der Waals surface area contributed by atoms with Gasteiger partial charge in [-0.15, -0.1) is 0 Å². The van der Waals surface area contributed by atoms with Crippen molar-refractivity contribution in [1.29, 1.82) is 0 Å². The van der Waals surface area contributed by atoms with Gasteiger partial charge >= 0.3 is 0 Å². The Hall–Kier alpha value is -1.28. The van der Waals surface area contributed by atoms with E-state index in [1.807, 2.05) is 0 Å². The van der Waals surface area contributed by atoms with Gasteiger partial charge in [0.2, 0.25) is 0 Å². The number of halogens is 3. The van der Waals surface area contributed by atoms with Crippen LogP contribution in [0.15, 0.2) is 48.5 Å². The first-order chi connectivity index (χ1) is 9.06. The van der Waals surface area contributed by atoms with Crippen LogP contribution < -0.4 is 0 Å². The summed E-state index contributed by atoms with van der Waals surface area (Å²) in [5.41, 5.74) is 1.32. The molecule has 19 heavy (non-hydrogen) atoms. The molecule has 2 rings (SSSR count). The summed E-state index contributed by atoms with van der Waals surface area (Å²) in [5.74, 6) is -0.109. The van der Waals surface area contributed by atoms with Crippen molar-refractivity contribution in [1.82, 2.24) is 0 Å². The lowest BCUT2D eigenvalue weighted by Crippen LogP contribution is -1.93. The van der Waals surface area contributed by atoms with Gasteiger partial charge in [-0.1, -0.05) is 40.9 Å². The number of rotatable bonds is 3. The Morgan fingerprint density at radius 2 is 1.53 bits per heavy atom. The van der Waals surface area contributed by atoms with Gasteiger partial charge in [0, 0.05) is 20.6 Å². The maximum Gasteiger partial charge on any atom is 0.185 e. The predicted molar refractivity (Wildman–Crippen MR) is 81.3 cm³/mol. The van der Waals surface area contributed by atoms with E-state index in [2.05, 4.69) is 0 Å². The van der Waals surface area contributed by atoms with Crippen LogP contribution >= 0.6 is 34.8 Å². The lowest BCUT2D eigenvalue weighted by atomic mass is 10.1. The van der Waals surface area contributed by atoms with Crippen LogP contribution in [0.2, 0.25) is 15.1 Å². The molecule has 0 heterocycles. The quantitative estimate of drug-likeness (QED) is 0.537. The molecule has 0 aromatic heterocycles. The van der Waals surface area contributed by atoms with Crippen molar-refractivity contribution >= 4 is 46.7 Å². The second kappa shape index (κ2) is 6.25. The van der Waals surface area contributed by atoms with Crippen molar-refractivity contribution in [3.8, 4) is 0 Å². The van der Waals surface area contributed by atoms with Crippen LogP contribution in [0.4, 0.5) is 0 Å². The van der Waals surface area contributed by atoms with Crippen molar-refractivity contribution in [2.75, 3.05) is 0 Å². The Kier molecular flexibility index (Phi) is 4.65. The Bertz CT molecular complexity index is 630. The summed E-state index contributed by atoms with van der Waals surface area (Å²) in [6, 6.07) is 11.8. The van der Waals surface area contributed by atoms with Crippen LogP contribution in [-0.4, -0.2) is 5.78 Å². The largest absolute Gasteiger partial charge is 0.289 e. The van der Waals surface area contributed by atoms with E-state index in [9.17, 15) is 4.79 Å². The summed E-state index contributed by atoms with van der Waals surface area (Å²) in [7, 11) is 0. The molecule has 0 saturated heterocycles. The summed E-state index contributed by atoms with van der Waals surface area (Å²) in [5, 5.41) is 1.67. The molecule has 0 radical (unpaired) electrons. The Balaban J connectivity index is 2.18. The molecular formula is C15H9Cl3O. The van der Waals surface area contributed by atoms with E-state index >= 15 is 0 Å². The van der Waals surface area contributed by atoms with Crippen molar-refractivity contribution in [2.24, 2.45) is 0 Å². The molecule has 0 atom stereocenters. The number of ketones is 1. The lowest BCUT2D eigenvalue weighted by molar-refractivity contribution is 0.104. The van der Waals surface area contributed by atoms with Gasteiger partial charge in [0.05, 0.1) is 0 Å². The van der Waals surface area contributed by atoms with E-state index in [0.717, 1.165) is 5.56 Å². The first kappa shape index (κ1) is 14.1. The highest BCUT2D eigenvalue weighted by Crippen LogP contribution is 2.22. The molecule has 0 aliphatic heterocycles. The predicted octanol–water partition coefficient (Wildman–Crippen LogP) is 5.54. The normalized spacial score (nSPS) is 10.9. The molecule has 2 aromatic rings. The van der Waals surface area contributed by atoms with Crippen molar-refractivity contribution in [2.45, 2.75) is 0 Å². The van der Waals surface area contributed by atoms with Gasteiger partial charge in [-0.3, -0.25) is 4.79 Å². The highest BCUT2D eigenvalue weighted by Gasteiger charge is 2.02. The number of hydrogen-bond donors (Lipinski definition) is 0. The zero-order valence-electron chi connectivity index (χ0n) is 9.74. The summed E-state index contributed by atoms with van der Waals surface area (Å²) < 4.78 is 0. The van der Waals surface area contributed by atoms with Crippen molar-refractivity contribution < 1.29 is 4.79 Å². The Morgan fingerprint density at radius 3 is 2.16 bits per heavy atom. The molecule has 0 N–H and O–H groups in total. The fourth-order valence-electron chi connectivity index (χ4n) is 1.51. The topological polar surface area (TPSA) is 17.1 Å². The first-order valence-corrected chi connectivity index (χ1v) is 6.63. The molecule has 0 aliphatic rings. The SMILES string of the molecule is O=C(/C=C\c1ccc(Cl)cc1Cl)c1ccc(Cl)cc1. The van der Waals surface area contributed by atoms with Crippen molar-refractivity contribution in [3.63, 3.8) is 0 Å². The minimum absolute atomic E-state index is 0.109. The summed E-state index contributed by atoms with van der Waals surface area (Å²) in [6.07, 6.45) is 3.13. The average Bonchev–Trinajstić information content (AvgIpc) is 2.38. The molecule has 2 aromatic carbocycles. The third-order valence-corrected chi connectivity index (χ3v) is 3.32. The molecule has 1 nitrogen and oxygen atoms in total. The minimum atomic E-state index is -0.109. The standard InChI is InChI=1S/C15H9Cl3O/c16-12-5-2-11(3-6-12)15(19)8-4-10-1-7-13(17)9-14(10)18/h1-9H/b8-4-. The Labute approximate surface area is 126 Å². The third-order valence-electron chi connectivity index (χ3n) is 2.51. The monoisotopic (exact) mass is 310 g/mol. The zero-order valence-corrected chi connectivity index (χ0v) is 12.0. The molecule has 96 valence electrons. The molecule has 0 aliphatic carbocycles. The smallest absolute Gasteiger partial charge is 0.185 e. The van der Waals surface area contributed by atoms with Crippen LogP contribution in [0.5, 0.6) is 0 Å². The van der Waals surface area contributed by atoms with Gasteiger partial charge in [0.25, 0.3) is 0 Å². The van der Waals surface area contributed by atoms with Crippen LogP contribution in [0.25, 0.3) is 6.08 Å². The molecule has 0 bridgehead atoms. The second-order valence-corrected chi connectivity index (χ2v) is 5.15. The maximum absolute atomic E-state index is 11.9. The van der Waals surface area contributed by atoms with E-state index in [0.29, 0.717) is 20.6 Å². The minimum Gasteiger partial charge on any atom is -0.289 e. The van der Waals surface area contributed by atoms with Gasteiger partial charge in [-0.05, 0) is 54.1 Å². The molecule has 0 spiro atoms. The molecular weight excluding hydrogens is 303 g/mol. The van der Waals surface area contributed by atoms with E-state index in [1.54, 1.807) is 48.5 Å². The molecule has 0 amide bonds. The maximum atomic E-state index is 11.9. The molecule has 4 heteroatoms. The van der Waals surface area contributed by atoms with E-state index < -0.39 is 0 Å². The van der Waals surface area contributed by atoms with Gasteiger partial charge in [-0.2, -0.15) is 0 Å². The number of hydrogen-bond acceptors (Lipinski definition) is 1.